The van der Waals surface area contributed by atoms with Gasteiger partial charge in [0.05, 0.1) is 0 Å². The first-order valence-corrected chi connectivity index (χ1v) is 5.33. The molecule has 0 spiro atoms. The normalized spacial score (nSPS) is 17.5. The largest absolute Gasteiger partial charge is 0.370 e. The summed E-state index contributed by atoms with van der Waals surface area (Å²) in [4.78, 5) is 23.7. The van der Waals surface area contributed by atoms with Crippen molar-refractivity contribution in [3.63, 3.8) is 0 Å². The van der Waals surface area contributed by atoms with Crippen LogP contribution in [0.3, 0.4) is 0 Å². The molecule has 0 bridgehead atoms. The van der Waals surface area contributed by atoms with Crippen molar-refractivity contribution in [2.45, 2.75) is 25.7 Å². The molecule has 84 valence electrons. The Balaban J connectivity index is 2.26. The lowest BCUT2D eigenvalue weighted by Gasteiger charge is -2.31. The number of rotatable bonds is 4. The minimum atomic E-state index is -0.236. The first-order chi connectivity index (χ1) is 7.13. The Bertz CT molecular complexity index is 255. The number of hydrogen-bond donors (Lipinski definition) is 1. The van der Waals surface area contributed by atoms with Gasteiger partial charge in [-0.25, -0.2) is 0 Å². The number of carbonyl (C=O) groups excluding carboxylic acids is 2. The van der Waals surface area contributed by atoms with Gasteiger partial charge >= 0.3 is 0 Å². The second kappa shape index (κ2) is 5.53. The van der Waals surface area contributed by atoms with Gasteiger partial charge in [-0.15, -0.1) is 0 Å². The van der Waals surface area contributed by atoms with Crippen LogP contribution in [0, 0.1) is 5.92 Å². The summed E-state index contributed by atoms with van der Waals surface area (Å²) in [6.45, 7) is 5.01. The van der Waals surface area contributed by atoms with Crippen LogP contribution in [-0.2, 0) is 9.59 Å². The highest BCUT2D eigenvalue weighted by Gasteiger charge is 2.21. The Labute approximate surface area is 90.1 Å². The Morgan fingerprint density at radius 3 is 2.47 bits per heavy atom. The minimum absolute atomic E-state index is 0.00310. The fraction of sp³-hybridized carbons (Fsp3) is 0.636. The van der Waals surface area contributed by atoms with Crippen LogP contribution in [0.2, 0.25) is 0 Å². The molecular weight excluding hydrogens is 192 g/mol. The highest BCUT2D eigenvalue weighted by molar-refractivity contribution is 5.87. The molecule has 1 fully saturated rings. The lowest BCUT2D eigenvalue weighted by molar-refractivity contribution is -0.127. The van der Waals surface area contributed by atoms with Gasteiger partial charge in [-0.05, 0) is 31.3 Å². The van der Waals surface area contributed by atoms with Crippen molar-refractivity contribution < 1.29 is 9.59 Å². The SMILES string of the molecule is C=CC(=O)N1CCC(CCC(N)=O)CC1. The van der Waals surface area contributed by atoms with E-state index < -0.39 is 0 Å². The van der Waals surface area contributed by atoms with Crippen LogP contribution >= 0.6 is 0 Å². The molecule has 1 aliphatic rings. The monoisotopic (exact) mass is 210 g/mol. The average Bonchev–Trinajstić information content (AvgIpc) is 2.26. The fourth-order valence-electron chi connectivity index (χ4n) is 1.92. The Morgan fingerprint density at radius 2 is 2.00 bits per heavy atom. The van der Waals surface area contributed by atoms with Gasteiger partial charge in [-0.2, -0.15) is 0 Å². The van der Waals surface area contributed by atoms with Gasteiger partial charge in [0.1, 0.15) is 0 Å². The molecule has 4 nitrogen and oxygen atoms in total. The third-order valence-electron chi connectivity index (χ3n) is 2.90. The van der Waals surface area contributed by atoms with E-state index in [1.54, 1.807) is 4.90 Å². The van der Waals surface area contributed by atoms with Crippen LogP contribution in [0.4, 0.5) is 0 Å². The Kier molecular flexibility index (Phi) is 4.34. The fourth-order valence-corrected chi connectivity index (χ4v) is 1.92. The van der Waals surface area contributed by atoms with Crippen molar-refractivity contribution in [2.75, 3.05) is 13.1 Å². The zero-order valence-electron chi connectivity index (χ0n) is 8.95. The molecule has 1 aliphatic heterocycles. The quantitative estimate of drug-likeness (QED) is 0.693. The van der Waals surface area contributed by atoms with E-state index in [9.17, 15) is 9.59 Å². The molecule has 1 heterocycles. The van der Waals surface area contributed by atoms with E-state index >= 15 is 0 Å². The molecule has 0 aromatic rings. The number of nitrogens with zero attached hydrogens (tertiary/aromatic N) is 1. The van der Waals surface area contributed by atoms with Gasteiger partial charge in [0.15, 0.2) is 0 Å². The molecule has 0 unspecified atom stereocenters. The summed E-state index contributed by atoms with van der Waals surface area (Å²) in [7, 11) is 0. The number of nitrogens with two attached hydrogens (primary N) is 1. The van der Waals surface area contributed by atoms with Gasteiger partial charge < -0.3 is 10.6 Å². The predicted molar refractivity (Wildman–Crippen MR) is 57.9 cm³/mol. The van der Waals surface area contributed by atoms with Crippen molar-refractivity contribution in [3.8, 4) is 0 Å². The molecule has 0 atom stereocenters. The lowest BCUT2D eigenvalue weighted by Crippen LogP contribution is -2.37. The molecule has 2 amide bonds. The van der Waals surface area contributed by atoms with Gasteiger partial charge in [-0.3, -0.25) is 9.59 Å². The maximum absolute atomic E-state index is 11.3. The molecule has 4 heteroatoms. The molecule has 0 radical (unpaired) electrons. The third kappa shape index (κ3) is 3.73. The molecule has 0 aliphatic carbocycles. The minimum Gasteiger partial charge on any atom is -0.370 e. The van der Waals surface area contributed by atoms with Crippen LogP contribution in [-0.4, -0.2) is 29.8 Å². The van der Waals surface area contributed by atoms with Crippen LogP contribution in [0.15, 0.2) is 12.7 Å². The van der Waals surface area contributed by atoms with Gasteiger partial charge in [0, 0.05) is 19.5 Å². The summed E-state index contributed by atoms with van der Waals surface area (Å²) in [5, 5.41) is 0. The Morgan fingerprint density at radius 1 is 1.40 bits per heavy atom. The molecule has 0 aromatic heterocycles. The summed E-state index contributed by atoms with van der Waals surface area (Å²) in [6, 6.07) is 0. The van der Waals surface area contributed by atoms with E-state index in [1.807, 2.05) is 0 Å². The maximum atomic E-state index is 11.3. The summed E-state index contributed by atoms with van der Waals surface area (Å²) >= 11 is 0. The van der Waals surface area contributed by atoms with Crippen molar-refractivity contribution in [1.82, 2.24) is 4.90 Å². The maximum Gasteiger partial charge on any atom is 0.245 e. The van der Waals surface area contributed by atoms with E-state index in [0.29, 0.717) is 12.3 Å². The molecule has 0 aromatic carbocycles. The number of primary amides is 1. The number of carbonyl (C=O) groups is 2. The van der Waals surface area contributed by atoms with E-state index in [1.165, 1.54) is 6.08 Å². The predicted octanol–water partition coefficient (Wildman–Crippen LogP) is 0.676. The molecule has 2 N–H and O–H groups in total. The highest BCUT2D eigenvalue weighted by Crippen LogP contribution is 2.21. The van der Waals surface area contributed by atoms with E-state index in [4.69, 9.17) is 5.73 Å². The van der Waals surface area contributed by atoms with Crippen LogP contribution in [0.25, 0.3) is 0 Å². The summed E-state index contributed by atoms with van der Waals surface area (Å²) in [6.07, 6.45) is 4.59. The lowest BCUT2D eigenvalue weighted by atomic mass is 9.92. The molecule has 15 heavy (non-hydrogen) atoms. The summed E-state index contributed by atoms with van der Waals surface area (Å²) in [5.41, 5.74) is 5.09. The smallest absolute Gasteiger partial charge is 0.245 e. The zero-order chi connectivity index (χ0) is 11.3. The first-order valence-electron chi connectivity index (χ1n) is 5.33. The molecule has 1 rings (SSSR count). The van der Waals surface area contributed by atoms with E-state index in [0.717, 1.165) is 32.4 Å². The summed E-state index contributed by atoms with van der Waals surface area (Å²) < 4.78 is 0. The highest BCUT2D eigenvalue weighted by atomic mass is 16.2. The first kappa shape index (κ1) is 11.8. The number of hydrogen-bond acceptors (Lipinski definition) is 2. The van der Waals surface area contributed by atoms with Crippen molar-refractivity contribution in [2.24, 2.45) is 11.7 Å². The van der Waals surface area contributed by atoms with Gasteiger partial charge in [0.2, 0.25) is 11.8 Å². The zero-order valence-corrected chi connectivity index (χ0v) is 8.95. The van der Waals surface area contributed by atoms with Crippen LogP contribution in [0.1, 0.15) is 25.7 Å². The second-order valence-electron chi connectivity index (χ2n) is 3.98. The third-order valence-corrected chi connectivity index (χ3v) is 2.90. The standard InChI is InChI=1S/C11H18N2O2/c1-2-11(15)13-7-5-9(6-8-13)3-4-10(12)14/h2,9H,1,3-8H2,(H2,12,14). The van der Waals surface area contributed by atoms with Crippen LogP contribution in [0.5, 0.6) is 0 Å². The molecular formula is C11H18N2O2. The van der Waals surface area contributed by atoms with Gasteiger partial charge in [0.25, 0.3) is 0 Å². The van der Waals surface area contributed by atoms with Crippen molar-refractivity contribution in [1.29, 1.82) is 0 Å². The van der Waals surface area contributed by atoms with Crippen molar-refractivity contribution in [3.05, 3.63) is 12.7 Å². The van der Waals surface area contributed by atoms with Gasteiger partial charge in [-0.1, -0.05) is 6.58 Å². The molecule has 0 saturated carbocycles. The number of likely N-dealkylation sites (tertiary alicyclic amines) is 1. The van der Waals surface area contributed by atoms with Crippen molar-refractivity contribution >= 4 is 11.8 Å². The van der Waals surface area contributed by atoms with Crippen LogP contribution < -0.4 is 5.73 Å². The molecule has 1 saturated heterocycles. The average molecular weight is 210 g/mol. The number of piperidine rings is 1. The van der Waals surface area contributed by atoms with E-state index in [2.05, 4.69) is 6.58 Å². The van der Waals surface area contributed by atoms with E-state index in [-0.39, 0.29) is 11.8 Å². The topological polar surface area (TPSA) is 63.4 Å². The Hall–Kier alpha value is -1.32. The summed E-state index contributed by atoms with van der Waals surface area (Å²) in [5.74, 6) is 0.300. The second-order valence-corrected chi connectivity index (χ2v) is 3.98. The number of amides is 2.